The number of rotatable bonds is 10. The predicted octanol–water partition coefficient (Wildman–Crippen LogP) is 7.80. The van der Waals surface area contributed by atoms with Crippen LogP contribution in [0.3, 0.4) is 0 Å². The second kappa shape index (κ2) is 18.8. The summed E-state index contributed by atoms with van der Waals surface area (Å²) in [6, 6.07) is 17.5. The molecule has 2 aromatic carbocycles. The van der Waals surface area contributed by atoms with E-state index in [2.05, 4.69) is 25.9 Å². The van der Waals surface area contributed by atoms with Crippen molar-refractivity contribution in [2.24, 2.45) is 46.2 Å². The summed E-state index contributed by atoms with van der Waals surface area (Å²) in [5.41, 5.74) is 4.24. The number of aliphatic imine (C=N–C) groups is 1. The third-order valence-electron chi connectivity index (χ3n) is 15.6. The van der Waals surface area contributed by atoms with E-state index in [9.17, 15) is 53.9 Å². The van der Waals surface area contributed by atoms with Crippen LogP contribution in [0, 0.1) is 35.5 Å². The molecule has 0 radical (unpaired) electrons. The highest BCUT2D eigenvalue weighted by atomic mass is 19.4. The van der Waals surface area contributed by atoms with Crippen LogP contribution in [0.5, 0.6) is 11.5 Å². The van der Waals surface area contributed by atoms with E-state index in [0.717, 1.165) is 0 Å². The summed E-state index contributed by atoms with van der Waals surface area (Å²) in [6.45, 7) is 7.51. The lowest BCUT2D eigenvalue weighted by atomic mass is 9.48. The Hall–Kier alpha value is -6.94. The summed E-state index contributed by atoms with van der Waals surface area (Å²) in [5.74, 6) is -8.27. The number of para-hydroxylation sites is 2. The van der Waals surface area contributed by atoms with Gasteiger partial charge in [0.25, 0.3) is 0 Å². The van der Waals surface area contributed by atoms with Crippen LogP contribution >= 0.6 is 0 Å². The Labute approximate surface area is 411 Å². The van der Waals surface area contributed by atoms with Crippen LogP contribution in [0.25, 0.3) is 0 Å². The molecule has 5 aliphatic rings. The molecule has 4 aromatic rings. The van der Waals surface area contributed by atoms with Gasteiger partial charge in [0.15, 0.2) is 18.2 Å². The molecule has 3 aliphatic heterocycles. The van der Waals surface area contributed by atoms with Gasteiger partial charge in [0, 0.05) is 71.4 Å². The topological polar surface area (TPSA) is 207 Å². The molecule has 14 nitrogen and oxygen atoms in total. The summed E-state index contributed by atoms with van der Waals surface area (Å²) in [6.07, 6.45) is -13.8. The fourth-order valence-corrected chi connectivity index (χ4v) is 12.1. The van der Waals surface area contributed by atoms with Crippen molar-refractivity contribution in [2.75, 3.05) is 0 Å². The lowest BCUT2D eigenvalue weighted by Gasteiger charge is -2.58. The van der Waals surface area contributed by atoms with Gasteiger partial charge in [0.1, 0.15) is 11.5 Å². The second-order valence-electron chi connectivity index (χ2n) is 19.6. The fourth-order valence-electron chi connectivity index (χ4n) is 12.1. The molecule has 0 spiro atoms. The van der Waals surface area contributed by atoms with Gasteiger partial charge >= 0.3 is 24.5 Å². The molecule has 2 aliphatic carbocycles. The van der Waals surface area contributed by atoms with Crippen LogP contribution in [0.4, 0.5) is 39.5 Å². The van der Waals surface area contributed by atoms with Crippen LogP contribution < -0.4 is 31.2 Å². The van der Waals surface area contributed by atoms with Gasteiger partial charge in [-0.1, -0.05) is 76.2 Å². The number of benzene rings is 2. The number of fused-ring (bicyclic) bond motifs is 2. The molecular formula is C50H50F9N7O7. The fraction of sp³-hybridized carbons (Fsp3) is 0.460. The maximum atomic E-state index is 14.7. The van der Waals surface area contributed by atoms with Crippen molar-refractivity contribution >= 4 is 29.7 Å². The number of nitrogens with one attached hydrogen (secondary N) is 3. The Morgan fingerprint density at radius 3 is 1.42 bits per heavy atom. The molecule has 5 heterocycles. The zero-order valence-corrected chi connectivity index (χ0v) is 39.3. The standard InChI is InChI=1S/C48H49F6N7O5.C2HF3O2/c1-24-37(41(63)58-30-19-34(47(49,50)51)65-32-15-7-5-13-28(30)32)39(24)44(3,26-11-9-17-56-22-26)46(21-36(62)60-43(55)61-46)45(4,27-12-10-18-57-23-27)40-25(2)38(40)42(64)59-31-20-35(48(52,53)54)66-33-16-8-6-14-29(31)33;3-2(4,5)1(6)7/h5-18,22-25,30-31,34-35,37-40H,19-21H2,1-4H3,(H,58,63)(H,59,64)(H3,55,60,61,62);(H,6,7)/t24?,25?,30-,31-,34+,35+,37?,38?,39?,40?,44?,45?,46?;/m0./s1. The van der Waals surface area contributed by atoms with E-state index < -0.39 is 131 Å². The highest BCUT2D eigenvalue weighted by Gasteiger charge is 2.77. The van der Waals surface area contributed by atoms with Gasteiger partial charge in [-0.25, -0.2) is 9.79 Å². The van der Waals surface area contributed by atoms with Crippen molar-refractivity contribution in [1.82, 2.24) is 25.9 Å². The number of pyridine rings is 2. The molecule has 9 rings (SSSR count). The molecule has 2 saturated carbocycles. The van der Waals surface area contributed by atoms with Gasteiger partial charge in [-0.3, -0.25) is 29.7 Å². The van der Waals surface area contributed by atoms with Crippen LogP contribution in [0.2, 0.25) is 0 Å². The maximum absolute atomic E-state index is 14.7. The van der Waals surface area contributed by atoms with E-state index in [1.54, 1.807) is 73.3 Å². The third kappa shape index (κ3) is 9.50. The van der Waals surface area contributed by atoms with Crippen molar-refractivity contribution in [1.29, 1.82) is 0 Å². The Bertz CT molecular complexity index is 2630. The number of carbonyl (C=O) groups excluding carboxylic acids is 3. The van der Waals surface area contributed by atoms with E-state index in [1.165, 1.54) is 12.1 Å². The minimum Gasteiger partial charge on any atom is -0.480 e. The second-order valence-corrected chi connectivity index (χ2v) is 19.6. The molecular weight excluding hydrogens is 982 g/mol. The lowest BCUT2D eigenvalue weighted by Crippen LogP contribution is -2.68. The van der Waals surface area contributed by atoms with Crippen LogP contribution in [0.1, 0.15) is 81.3 Å². The number of alkyl halides is 9. The van der Waals surface area contributed by atoms with Gasteiger partial charge in [0.2, 0.25) is 17.7 Å². The molecule has 0 bridgehead atoms. The van der Waals surface area contributed by atoms with Gasteiger partial charge in [-0.05, 0) is 59.1 Å². The number of amides is 3. The maximum Gasteiger partial charge on any atom is 0.490 e. The Balaban J connectivity index is 0.000000948. The van der Waals surface area contributed by atoms with Crippen molar-refractivity contribution in [2.45, 2.75) is 106 Å². The third-order valence-corrected chi connectivity index (χ3v) is 15.6. The number of hydrogen-bond acceptors (Lipinski definition) is 10. The molecule has 12 atom stereocenters. The van der Waals surface area contributed by atoms with Crippen LogP contribution in [-0.4, -0.2) is 81.0 Å². The number of aliphatic carboxylic acids is 1. The zero-order valence-electron chi connectivity index (χ0n) is 39.3. The van der Waals surface area contributed by atoms with E-state index in [-0.39, 0.29) is 23.9 Å². The SMILES string of the molecule is CC1C(C(=O)N[C@H]2C[C@H](C(F)(F)F)Oc3ccccc32)C1C(C)(c1cccnc1)C1(C(C)(c2cccnc2)C2C(C)C2C(=O)N[C@H]2C[C@H](C(F)(F)F)Oc3ccccc32)CC(=O)NC(N)=N1.O=C(O)C(F)(F)F. The summed E-state index contributed by atoms with van der Waals surface area (Å²) >= 11 is 0. The van der Waals surface area contributed by atoms with Crippen LogP contribution in [0.15, 0.2) is 103 Å². The first-order valence-electron chi connectivity index (χ1n) is 23.2. The molecule has 3 amide bonds. The number of carbonyl (C=O) groups is 4. The van der Waals surface area contributed by atoms with E-state index in [1.807, 2.05) is 39.8 Å². The highest BCUT2D eigenvalue weighted by Crippen LogP contribution is 2.71. The van der Waals surface area contributed by atoms with Gasteiger partial charge < -0.3 is 30.9 Å². The predicted molar refractivity (Wildman–Crippen MR) is 241 cm³/mol. The monoisotopic (exact) mass is 1030 g/mol. The Kier molecular flexibility index (Phi) is 13.5. The lowest BCUT2D eigenvalue weighted by molar-refractivity contribution is -0.202. The number of carboxylic acid groups (broad SMARTS) is 1. The van der Waals surface area contributed by atoms with Crippen LogP contribution in [-0.2, 0) is 30.0 Å². The average Bonchev–Trinajstić information content (AvgIpc) is 4.23. The zero-order chi connectivity index (χ0) is 53.2. The number of guanidine groups is 1. The quantitative estimate of drug-likeness (QED) is 0.0975. The number of nitrogens with zero attached hydrogens (tertiary/aromatic N) is 3. The first-order valence-corrected chi connectivity index (χ1v) is 23.2. The number of ether oxygens (including phenoxy) is 2. The summed E-state index contributed by atoms with van der Waals surface area (Å²) < 4.78 is 128. The van der Waals surface area contributed by atoms with E-state index in [4.69, 9.17) is 30.1 Å². The van der Waals surface area contributed by atoms with E-state index >= 15 is 0 Å². The molecule has 2 fully saturated rings. The van der Waals surface area contributed by atoms with Crippen molar-refractivity contribution < 1.29 is 73.3 Å². The molecule has 390 valence electrons. The minimum absolute atomic E-state index is 0.0135. The minimum atomic E-state index is -5.08. The smallest absolute Gasteiger partial charge is 0.480 e. The Morgan fingerprint density at radius 1 is 0.685 bits per heavy atom. The number of hydrogen-bond donors (Lipinski definition) is 5. The van der Waals surface area contributed by atoms with Crippen molar-refractivity contribution in [3.63, 3.8) is 0 Å². The highest BCUT2D eigenvalue weighted by molar-refractivity contribution is 6.00. The average molecular weight is 1030 g/mol. The van der Waals surface area contributed by atoms with Crippen molar-refractivity contribution in [3.8, 4) is 11.5 Å². The van der Waals surface area contributed by atoms with Crippen molar-refractivity contribution in [3.05, 3.63) is 120 Å². The number of aromatic nitrogens is 2. The molecule has 8 unspecified atom stereocenters. The summed E-state index contributed by atoms with van der Waals surface area (Å²) in [7, 11) is 0. The van der Waals surface area contributed by atoms with Gasteiger partial charge in [-0.15, -0.1) is 0 Å². The van der Waals surface area contributed by atoms with Gasteiger partial charge in [0.05, 0.1) is 24.0 Å². The van der Waals surface area contributed by atoms with Gasteiger partial charge in [-0.2, -0.15) is 39.5 Å². The molecule has 2 aromatic heterocycles. The molecule has 0 saturated heterocycles. The molecule has 73 heavy (non-hydrogen) atoms. The first-order chi connectivity index (χ1) is 34.1. The number of nitrogens with two attached hydrogens (primary N) is 1. The normalized spacial score (nSPS) is 30.0. The first kappa shape index (κ1) is 52.4. The Morgan fingerprint density at radius 2 is 1.08 bits per heavy atom. The summed E-state index contributed by atoms with van der Waals surface area (Å²) in [5, 5.41) is 15.6. The summed E-state index contributed by atoms with van der Waals surface area (Å²) in [4.78, 5) is 66.9. The number of carboxylic acids is 1. The van der Waals surface area contributed by atoms with E-state index in [0.29, 0.717) is 22.3 Å². The largest absolute Gasteiger partial charge is 0.490 e. The molecule has 23 heteroatoms. The number of halogens is 9. The molecule has 6 N–H and O–H groups in total.